The Morgan fingerprint density at radius 1 is 0.897 bits per heavy atom. The van der Waals surface area contributed by atoms with Crippen LogP contribution in [0.4, 0.5) is 5.69 Å². The Balaban J connectivity index is 1.99. The van der Waals surface area contributed by atoms with Gasteiger partial charge in [0, 0.05) is 11.1 Å². The third kappa shape index (κ3) is 7.60. The first-order chi connectivity index (χ1) is 13.8. The fourth-order valence-electron chi connectivity index (χ4n) is 2.81. The molecule has 0 fully saturated rings. The Morgan fingerprint density at radius 2 is 1.59 bits per heavy atom. The van der Waals surface area contributed by atoms with Crippen molar-refractivity contribution < 1.29 is 14.3 Å². The summed E-state index contributed by atoms with van der Waals surface area (Å²) < 4.78 is 5.72. The largest absolute Gasteiger partial charge is 0.494 e. The lowest BCUT2D eigenvalue weighted by atomic mass is 10.1. The van der Waals surface area contributed by atoms with Crippen LogP contribution in [0, 0.1) is 0 Å². The molecule has 2 aromatic carbocycles. The fourth-order valence-corrected chi connectivity index (χ4v) is 2.81. The van der Waals surface area contributed by atoms with Gasteiger partial charge in [0.1, 0.15) is 5.75 Å². The molecule has 0 heterocycles. The van der Waals surface area contributed by atoms with E-state index in [4.69, 9.17) is 4.74 Å². The predicted octanol–water partition coefficient (Wildman–Crippen LogP) is 5.43. The van der Waals surface area contributed by atoms with E-state index in [0.717, 1.165) is 12.2 Å². The van der Waals surface area contributed by atoms with Crippen LogP contribution in [-0.4, -0.2) is 24.0 Å². The number of rotatable bonds is 9. The number of para-hydroxylation sites is 1. The highest BCUT2D eigenvalue weighted by Crippen LogP contribution is 2.19. The van der Waals surface area contributed by atoms with Crippen LogP contribution in [-0.2, 0) is 0 Å². The van der Waals surface area contributed by atoms with E-state index in [1.807, 2.05) is 20.8 Å². The monoisotopic (exact) mass is 396 g/mol. The van der Waals surface area contributed by atoms with Gasteiger partial charge < -0.3 is 15.4 Å². The number of anilines is 1. The number of amides is 2. The second-order valence-electron chi connectivity index (χ2n) is 8.14. The van der Waals surface area contributed by atoms with Gasteiger partial charge in [-0.3, -0.25) is 9.59 Å². The zero-order valence-electron chi connectivity index (χ0n) is 17.9. The Bertz CT molecular complexity index is 808. The molecule has 0 atom stereocenters. The van der Waals surface area contributed by atoms with Gasteiger partial charge in [-0.05, 0) is 63.6 Å². The molecule has 2 amide bonds. The highest BCUT2D eigenvalue weighted by Gasteiger charge is 2.19. The van der Waals surface area contributed by atoms with E-state index in [1.54, 1.807) is 48.5 Å². The van der Waals surface area contributed by atoms with Crippen molar-refractivity contribution in [2.24, 2.45) is 0 Å². The molecule has 0 saturated carbocycles. The molecule has 0 aromatic heterocycles. The van der Waals surface area contributed by atoms with Crippen LogP contribution in [0.5, 0.6) is 5.75 Å². The number of nitrogens with one attached hydrogen (secondary N) is 2. The van der Waals surface area contributed by atoms with Gasteiger partial charge in [-0.1, -0.05) is 38.3 Å². The molecule has 0 aliphatic heterocycles. The minimum absolute atomic E-state index is 0.222. The quantitative estimate of drug-likeness (QED) is 0.556. The topological polar surface area (TPSA) is 67.4 Å². The molecule has 0 spiro atoms. The normalized spacial score (nSPS) is 11.0. The molecule has 0 saturated heterocycles. The third-order valence-electron chi connectivity index (χ3n) is 4.29. The maximum Gasteiger partial charge on any atom is 0.255 e. The average Bonchev–Trinajstić information content (AvgIpc) is 2.67. The molecular formula is C24H32N2O3. The van der Waals surface area contributed by atoms with Crippen molar-refractivity contribution in [2.75, 3.05) is 11.9 Å². The number of benzene rings is 2. The molecule has 5 nitrogen and oxygen atoms in total. The van der Waals surface area contributed by atoms with Crippen molar-refractivity contribution in [3.8, 4) is 5.75 Å². The van der Waals surface area contributed by atoms with Crippen LogP contribution in [0.3, 0.4) is 0 Å². The van der Waals surface area contributed by atoms with Gasteiger partial charge in [0.25, 0.3) is 11.8 Å². The van der Waals surface area contributed by atoms with Crippen molar-refractivity contribution in [1.29, 1.82) is 0 Å². The molecule has 156 valence electrons. The fraction of sp³-hybridized carbons (Fsp3) is 0.417. The Labute approximate surface area is 173 Å². The van der Waals surface area contributed by atoms with E-state index in [0.29, 0.717) is 23.4 Å². The Hall–Kier alpha value is -2.82. The molecule has 0 aliphatic rings. The van der Waals surface area contributed by atoms with Crippen LogP contribution < -0.4 is 15.4 Å². The number of carbonyl (C=O) groups excluding carboxylic acids is 2. The smallest absolute Gasteiger partial charge is 0.255 e. The number of unbranched alkanes of at least 4 members (excludes halogenated alkanes) is 3. The van der Waals surface area contributed by atoms with Crippen LogP contribution in [0.25, 0.3) is 0 Å². The third-order valence-corrected chi connectivity index (χ3v) is 4.29. The highest BCUT2D eigenvalue weighted by molar-refractivity contribution is 6.09. The SMILES string of the molecule is CCCCCCOc1ccc(C(=O)Nc2ccccc2C(=O)NC(C)(C)C)cc1. The minimum Gasteiger partial charge on any atom is -0.494 e. The molecular weight excluding hydrogens is 364 g/mol. The van der Waals surface area contributed by atoms with E-state index < -0.39 is 0 Å². The molecule has 2 rings (SSSR count). The van der Waals surface area contributed by atoms with E-state index >= 15 is 0 Å². The lowest BCUT2D eigenvalue weighted by Gasteiger charge is -2.21. The number of carbonyl (C=O) groups is 2. The lowest BCUT2D eigenvalue weighted by molar-refractivity contribution is 0.0920. The van der Waals surface area contributed by atoms with Crippen molar-refractivity contribution in [3.05, 3.63) is 59.7 Å². The first kappa shape index (κ1) is 22.5. The van der Waals surface area contributed by atoms with Crippen molar-refractivity contribution in [2.45, 2.75) is 58.9 Å². The maximum absolute atomic E-state index is 12.6. The molecule has 2 N–H and O–H groups in total. The number of hydrogen-bond donors (Lipinski definition) is 2. The van der Waals surface area contributed by atoms with Gasteiger partial charge in [-0.15, -0.1) is 0 Å². The average molecular weight is 397 g/mol. The second-order valence-corrected chi connectivity index (χ2v) is 8.14. The zero-order chi connectivity index (χ0) is 21.3. The number of hydrogen-bond acceptors (Lipinski definition) is 3. The minimum atomic E-state index is -0.361. The molecule has 5 heteroatoms. The summed E-state index contributed by atoms with van der Waals surface area (Å²) in [5, 5.41) is 5.76. The van der Waals surface area contributed by atoms with Crippen LogP contribution in [0.15, 0.2) is 48.5 Å². The first-order valence-corrected chi connectivity index (χ1v) is 10.3. The van der Waals surface area contributed by atoms with Gasteiger partial charge >= 0.3 is 0 Å². The summed E-state index contributed by atoms with van der Waals surface area (Å²) in [4.78, 5) is 25.2. The Morgan fingerprint density at radius 3 is 2.24 bits per heavy atom. The van der Waals surface area contributed by atoms with Crippen LogP contribution >= 0.6 is 0 Å². The summed E-state index contributed by atoms with van der Waals surface area (Å²) in [5.41, 5.74) is 1.06. The van der Waals surface area contributed by atoms with Gasteiger partial charge in [0.15, 0.2) is 0 Å². The van der Waals surface area contributed by atoms with Gasteiger partial charge in [0.2, 0.25) is 0 Å². The summed E-state index contributed by atoms with van der Waals surface area (Å²) in [5.74, 6) is 0.263. The molecule has 0 aliphatic carbocycles. The summed E-state index contributed by atoms with van der Waals surface area (Å²) in [6, 6.07) is 14.1. The standard InChI is InChI=1S/C24H32N2O3/c1-5-6-7-10-17-29-19-15-13-18(14-16-19)22(27)25-21-12-9-8-11-20(21)23(28)26-24(2,3)4/h8-9,11-16H,5-7,10,17H2,1-4H3,(H,25,27)(H,26,28). The van der Waals surface area contributed by atoms with Gasteiger partial charge in [0.05, 0.1) is 17.9 Å². The molecule has 2 aromatic rings. The van der Waals surface area contributed by atoms with E-state index in [-0.39, 0.29) is 17.4 Å². The number of ether oxygens (including phenoxy) is 1. The van der Waals surface area contributed by atoms with Crippen LogP contribution in [0.2, 0.25) is 0 Å². The summed E-state index contributed by atoms with van der Waals surface area (Å²) in [7, 11) is 0. The molecule has 0 bridgehead atoms. The van der Waals surface area contributed by atoms with Gasteiger partial charge in [-0.25, -0.2) is 0 Å². The van der Waals surface area contributed by atoms with Crippen molar-refractivity contribution in [3.63, 3.8) is 0 Å². The highest BCUT2D eigenvalue weighted by atomic mass is 16.5. The first-order valence-electron chi connectivity index (χ1n) is 10.3. The van der Waals surface area contributed by atoms with Crippen LogP contribution in [0.1, 0.15) is 74.1 Å². The molecule has 0 unspecified atom stereocenters. The zero-order valence-corrected chi connectivity index (χ0v) is 17.9. The second kappa shape index (κ2) is 10.6. The molecule has 0 radical (unpaired) electrons. The predicted molar refractivity (Wildman–Crippen MR) is 118 cm³/mol. The van der Waals surface area contributed by atoms with E-state index in [1.165, 1.54) is 19.3 Å². The van der Waals surface area contributed by atoms with E-state index in [2.05, 4.69) is 17.6 Å². The van der Waals surface area contributed by atoms with Gasteiger partial charge in [-0.2, -0.15) is 0 Å². The van der Waals surface area contributed by atoms with Crippen molar-refractivity contribution in [1.82, 2.24) is 5.32 Å². The molecule has 29 heavy (non-hydrogen) atoms. The summed E-state index contributed by atoms with van der Waals surface area (Å²) in [6.07, 6.45) is 4.62. The maximum atomic E-state index is 12.6. The summed E-state index contributed by atoms with van der Waals surface area (Å²) in [6.45, 7) is 8.61. The van der Waals surface area contributed by atoms with E-state index in [9.17, 15) is 9.59 Å². The lowest BCUT2D eigenvalue weighted by Crippen LogP contribution is -2.40. The van der Waals surface area contributed by atoms with Crippen molar-refractivity contribution >= 4 is 17.5 Å². The Kier molecular flexibility index (Phi) is 8.25. The summed E-state index contributed by atoms with van der Waals surface area (Å²) >= 11 is 0.